The molecule has 10 aromatic rings. The number of rotatable bonds is 3. The third-order valence-electron chi connectivity index (χ3n) is 9.91. The molecule has 9 aromatic carbocycles. The largest absolute Gasteiger partial charge is 0.236 e. The van der Waals surface area contributed by atoms with Crippen molar-refractivity contribution in [3.05, 3.63) is 163 Å². The molecule has 0 spiro atoms. The third-order valence-corrected chi connectivity index (χ3v) is 11.0. The maximum absolute atomic E-state index is 4.95. The average Bonchev–Trinajstić information content (AvgIpc) is 3.56. The van der Waals surface area contributed by atoms with Gasteiger partial charge in [0.15, 0.2) is 0 Å². The lowest BCUT2D eigenvalue weighted by Gasteiger charge is -2.19. The standard InChI is InChI=1S/C46H29NS/c1-28-17-24-42-43(25-28)48-46(47-42)30-20-18-29(19-21-30)44-37-11-4-6-13-39(37)45(40-14-7-5-12-38(40)44)36-16-8-15-34-35(36)23-22-33-26-31-9-2-3-10-32(31)27-41(33)34/h2-27H,1H3. The second-order valence-electron chi connectivity index (χ2n) is 12.8. The van der Waals surface area contributed by atoms with Crippen LogP contribution in [-0.4, -0.2) is 4.98 Å². The van der Waals surface area contributed by atoms with Crippen molar-refractivity contribution >= 4 is 75.4 Å². The molecule has 0 unspecified atom stereocenters. The van der Waals surface area contributed by atoms with Gasteiger partial charge < -0.3 is 0 Å². The molecule has 10 rings (SSSR count). The summed E-state index contributed by atoms with van der Waals surface area (Å²) in [7, 11) is 0. The Morgan fingerprint density at radius 1 is 0.417 bits per heavy atom. The van der Waals surface area contributed by atoms with Gasteiger partial charge in [-0.05, 0) is 113 Å². The predicted octanol–water partition coefficient (Wildman–Crippen LogP) is 13.4. The van der Waals surface area contributed by atoms with Crippen LogP contribution in [0, 0.1) is 6.92 Å². The quantitative estimate of drug-likeness (QED) is 0.140. The van der Waals surface area contributed by atoms with Crippen molar-refractivity contribution in [2.24, 2.45) is 0 Å². The van der Waals surface area contributed by atoms with Crippen LogP contribution >= 0.6 is 11.3 Å². The molecule has 0 aliphatic heterocycles. The van der Waals surface area contributed by atoms with Crippen LogP contribution in [0.15, 0.2) is 158 Å². The smallest absolute Gasteiger partial charge is 0.124 e. The Balaban J connectivity index is 1.19. The number of fused-ring (bicyclic) bond motifs is 7. The lowest BCUT2D eigenvalue weighted by Crippen LogP contribution is -1.92. The molecule has 0 bridgehead atoms. The molecule has 0 saturated carbocycles. The van der Waals surface area contributed by atoms with E-state index >= 15 is 0 Å². The molecule has 224 valence electrons. The van der Waals surface area contributed by atoms with Crippen LogP contribution < -0.4 is 0 Å². The summed E-state index contributed by atoms with van der Waals surface area (Å²) in [5.74, 6) is 0. The zero-order valence-electron chi connectivity index (χ0n) is 26.4. The highest BCUT2D eigenvalue weighted by Gasteiger charge is 2.19. The van der Waals surface area contributed by atoms with Gasteiger partial charge in [0.05, 0.1) is 10.2 Å². The summed E-state index contributed by atoms with van der Waals surface area (Å²) in [6.45, 7) is 2.14. The minimum Gasteiger partial charge on any atom is -0.236 e. The normalized spacial score (nSPS) is 11.9. The minimum absolute atomic E-state index is 1.06. The van der Waals surface area contributed by atoms with Crippen LogP contribution in [0.5, 0.6) is 0 Å². The molecule has 48 heavy (non-hydrogen) atoms. The monoisotopic (exact) mass is 627 g/mol. The Kier molecular flexibility index (Phi) is 6.03. The van der Waals surface area contributed by atoms with Crippen molar-refractivity contribution in [1.82, 2.24) is 4.98 Å². The zero-order chi connectivity index (χ0) is 31.8. The summed E-state index contributed by atoms with van der Waals surface area (Å²) in [4.78, 5) is 4.95. The fraction of sp³-hybridized carbons (Fsp3) is 0.0217. The SMILES string of the molecule is Cc1ccc2nc(-c3ccc(-c4c5ccccc5c(-c5cccc6c5ccc5cc7ccccc7cc56)c5ccccc45)cc3)sc2c1. The van der Waals surface area contributed by atoms with Gasteiger partial charge >= 0.3 is 0 Å². The third kappa shape index (κ3) is 4.20. The Morgan fingerprint density at radius 2 is 1.04 bits per heavy atom. The van der Waals surface area contributed by atoms with E-state index in [9.17, 15) is 0 Å². The van der Waals surface area contributed by atoms with Gasteiger partial charge in [0.25, 0.3) is 0 Å². The average molecular weight is 628 g/mol. The first-order valence-corrected chi connectivity index (χ1v) is 17.3. The summed E-state index contributed by atoms with van der Waals surface area (Å²) >= 11 is 1.76. The first-order valence-electron chi connectivity index (χ1n) is 16.5. The van der Waals surface area contributed by atoms with E-state index in [1.54, 1.807) is 11.3 Å². The molecule has 0 aliphatic carbocycles. The van der Waals surface area contributed by atoms with Gasteiger partial charge in [0.2, 0.25) is 0 Å². The molecule has 1 aromatic heterocycles. The number of benzene rings is 9. The van der Waals surface area contributed by atoms with E-state index in [0.29, 0.717) is 0 Å². The number of nitrogens with zero attached hydrogens (tertiary/aromatic N) is 1. The van der Waals surface area contributed by atoms with Gasteiger partial charge in [-0.25, -0.2) is 4.98 Å². The minimum atomic E-state index is 1.06. The van der Waals surface area contributed by atoms with Crippen LogP contribution in [0.1, 0.15) is 5.56 Å². The number of aromatic nitrogens is 1. The fourth-order valence-electron chi connectivity index (χ4n) is 7.66. The molecular formula is C46H29NS. The highest BCUT2D eigenvalue weighted by molar-refractivity contribution is 7.21. The zero-order valence-corrected chi connectivity index (χ0v) is 27.2. The summed E-state index contributed by atoms with van der Waals surface area (Å²) in [6, 6.07) is 58.1. The molecule has 0 amide bonds. The van der Waals surface area contributed by atoms with Gasteiger partial charge in [-0.3, -0.25) is 0 Å². The topological polar surface area (TPSA) is 12.9 Å². The molecule has 0 aliphatic rings. The van der Waals surface area contributed by atoms with Crippen molar-refractivity contribution < 1.29 is 0 Å². The highest BCUT2D eigenvalue weighted by atomic mass is 32.1. The van der Waals surface area contributed by atoms with Crippen LogP contribution in [0.4, 0.5) is 0 Å². The first kappa shape index (κ1) is 27.3. The molecule has 1 heterocycles. The maximum atomic E-state index is 4.95. The molecule has 0 radical (unpaired) electrons. The van der Waals surface area contributed by atoms with E-state index in [1.165, 1.54) is 86.4 Å². The van der Waals surface area contributed by atoms with Gasteiger partial charge in [-0.2, -0.15) is 0 Å². The Hall–Kier alpha value is -5.83. The summed E-state index contributed by atoms with van der Waals surface area (Å²) in [5, 5.41) is 13.8. The number of hydrogen-bond acceptors (Lipinski definition) is 2. The van der Waals surface area contributed by atoms with Crippen molar-refractivity contribution in [3.8, 4) is 32.8 Å². The van der Waals surface area contributed by atoms with Crippen LogP contribution in [0.3, 0.4) is 0 Å². The molecule has 0 atom stereocenters. The first-order chi connectivity index (χ1) is 23.7. The number of thiazole rings is 1. The fourth-order valence-corrected chi connectivity index (χ4v) is 8.73. The Bertz CT molecular complexity index is 2840. The van der Waals surface area contributed by atoms with Crippen molar-refractivity contribution in [1.29, 1.82) is 0 Å². The Labute approximate surface area is 282 Å². The molecule has 1 nitrogen and oxygen atoms in total. The highest BCUT2D eigenvalue weighted by Crippen LogP contribution is 2.46. The second kappa shape index (κ2) is 10.6. The Morgan fingerprint density at radius 3 is 1.77 bits per heavy atom. The molecule has 2 heteroatoms. The number of aryl methyl sites for hydroxylation is 1. The summed E-state index contributed by atoms with van der Waals surface area (Å²) in [6.07, 6.45) is 0. The van der Waals surface area contributed by atoms with Crippen LogP contribution in [-0.2, 0) is 0 Å². The summed E-state index contributed by atoms with van der Waals surface area (Å²) < 4.78 is 1.23. The van der Waals surface area contributed by atoms with Crippen LogP contribution in [0.25, 0.3) is 96.9 Å². The van der Waals surface area contributed by atoms with E-state index in [-0.39, 0.29) is 0 Å². The second-order valence-corrected chi connectivity index (χ2v) is 13.8. The molecule has 0 N–H and O–H groups in total. The van der Waals surface area contributed by atoms with Gasteiger partial charge in [0, 0.05) is 5.56 Å². The van der Waals surface area contributed by atoms with E-state index in [0.717, 1.165) is 16.1 Å². The van der Waals surface area contributed by atoms with E-state index in [4.69, 9.17) is 4.98 Å². The lowest BCUT2D eigenvalue weighted by molar-refractivity contribution is 1.45. The number of hydrogen-bond donors (Lipinski definition) is 0. The summed E-state index contributed by atoms with van der Waals surface area (Å²) in [5.41, 5.74) is 8.52. The van der Waals surface area contributed by atoms with Gasteiger partial charge in [0.1, 0.15) is 5.01 Å². The van der Waals surface area contributed by atoms with E-state index < -0.39 is 0 Å². The van der Waals surface area contributed by atoms with Crippen molar-refractivity contribution in [3.63, 3.8) is 0 Å². The molecule has 0 fully saturated rings. The maximum Gasteiger partial charge on any atom is 0.124 e. The van der Waals surface area contributed by atoms with E-state index in [1.807, 2.05) is 0 Å². The lowest BCUT2D eigenvalue weighted by atomic mass is 9.84. The molecular weight excluding hydrogens is 599 g/mol. The van der Waals surface area contributed by atoms with Crippen molar-refractivity contribution in [2.75, 3.05) is 0 Å². The molecule has 0 saturated heterocycles. The van der Waals surface area contributed by atoms with Crippen molar-refractivity contribution in [2.45, 2.75) is 6.92 Å². The van der Waals surface area contributed by atoms with E-state index in [2.05, 4.69) is 165 Å². The van der Waals surface area contributed by atoms with Crippen LogP contribution in [0.2, 0.25) is 0 Å². The van der Waals surface area contributed by atoms with Gasteiger partial charge in [-0.1, -0.05) is 133 Å². The predicted molar refractivity (Wildman–Crippen MR) is 208 cm³/mol. The van der Waals surface area contributed by atoms with Gasteiger partial charge in [-0.15, -0.1) is 11.3 Å².